The number of hydrogen-bond donors (Lipinski definition) is 0. The minimum absolute atomic E-state index is 0.00247. The molecule has 0 aromatic carbocycles. The Morgan fingerprint density at radius 2 is 1.30 bits per heavy atom. The molecule has 2 aliphatic rings. The first-order chi connectivity index (χ1) is 14.4. The number of amides is 5. The lowest BCUT2D eigenvalue weighted by molar-refractivity contribution is -0.147. The van der Waals surface area contributed by atoms with Crippen molar-refractivity contribution in [2.75, 3.05) is 45.8 Å². The number of rotatable bonds is 10. The van der Waals surface area contributed by atoms with E-state index in [-0.39, 0.29) is 48.9 Å². The molecule has 2 aliphatic heterocycles. The molecule has 0 saturated carbocycles. The molecule has 0 aromatic rings. The van der Waals surface area contributed by atoms with Crippen LogP contribution in [0.2, 0.25) is 0 Å². The predicted molar refractivity (Wildman–Crippen MR) is 110 cm³/mol. The van der Waals surface area contributed by atoms with Gasteiger partial charge in [0.05, 0.1) is 0 Å². The van der Waals surface area contributed by atoms with E-state index in [2.05, 4.69) is 0 Å². The van der Waals surface area contributed by atoms with Gasteiger partial charge in [-0.3, -0.25) is 28.9 Å². The van der Waals surface area contributed by atoms with E-state index in [0.717, 1.165) is 30.8 Å². The smallest absolute Gasteiger partial charge is 0.242 e. The zero-order chi connectivity index (χ0) is 22.1. The Labute approximate surface area is 178 Å². The normalized spacial score (nSPS) is 16.9. The Balaban J connectivity index is 1.69. The van der Waals surface area contributed by atoms with Gasteiger partial charge in [0.2, 0.25) is 29.5 Å². The highest BCUT2D eigenvalue weighted by molar-refractivity contribution is 6.04. The number of carbonyl (C=O) groups is 5. The maximum absolute atomic E-state index is 12.4. The third-order valence-electron chi connectivity index (χ3n) is 5.55. The monoisotopic (exact) mass is 422 g/mol. The molecule has 0 aliphatic carbocycles. The molecule has 9 heteroatoms. The van der Waals surface area contributed by atoms with Gasteiger partial charge in [-0.05, 0) is 19.3 Å². The molecule has 2 heterocycles. The molecule has 2 saturated heterocycles. The standard InChI is InChI=1S/C21H34N4O5/c1-3-10-22(11-4-2)17(26)6-5-7-18(27)23-12-14-24(15-13-23)21(30)16-25-19(28)8-9-20(25)29/h3-16H2,1-2H3. The first-order valence-corrected chi connectivity index (χ1v) is 11.0. The van der Waals surface area contributed by atoms with E-state index in [1.54, 1.807) is 9.80 Å². The number of hydrogen-bond acceptors (Lipinski definition) is 5. The molecule has 9 nitrogen and oxygen atoms in total. The summed E-state index contributed by atoms with van der Waals surface area (Å²) in [4.78, 5) is 66.6. The maximum atomic E-state index is 12.4. The van der Waals surface area contributed by atoms with Crippen LogP contribution in [0.4, 0.5) is 0 Å². The van der Waals surface area contributed by atoms with Crippen molar-refractivity contribution in [2.24, 2.45) is 0 Å². The summed E-state index contributed by atoms with van der Waals surface area (Å²) in [5.74, 6) is -0.755. The Morgan fingerprint density at radius 1 is 0.800 bits per heavy atom. The molecule has 0 bridgehead atoms. The van der Waals surface area contributed by atoms with E-state index >= 15 is 0 Å². The summed E-state index contributed by atoms with van der Waals surface area (Å²) in [6.45, 7) is 7.03. The minimum atomic E-state index is -0.298. The Kier molecular flexibility index (Phi) is 9.26. The van der Waals surface area contributed by atoms with Crippen molar-refractivity contribution in [3.05, 3.63) is 0 Å². The Hall–Kier alpha value is -2.45. The van der Waals surface area contributed by atoms with Crippen molar-refractivity contribution in [1.29, 1.82) is 0 Å². The summed E-state index contributed by atoms with van der Waals surface area (Å²) in [6, 6.07) is 0. The highest BCUT2D eigenvalue weighted by atomic mass is 16.2. The Morgan fingerprint density at radius 3 is 1.80 bits per heavy atom. The average molecular weight is 423 g/mol. The van der Waals surface area contributed by atoms with E-state index in [1.165, 1.54) is 0 Å². The molecule has 5 amide bonds. The number of carbonyl (C=O) groups excluding carboxylic acids is 5. The molecule has 2 fully saturated rings. The lowest BCUT2D eigenvalue weighted by atomic mass is 10.1. The molecular formula is C21H34N4O5. The van der Waals surface area contributed by atoms with Crippen LogP contribution in [0.25, 0.3) is 0 Å². The van der Waals surface area contributed by atoms with Crippen LogP contribution in [0.15, 0.2) is 0 Å². The molecule has 30 heavy (non-hydrogen) atoms. The number of imide groups is 1. The van der Waals surface area contributed by atoms with Gasteiger partial charge in [0.25, 0.3) is 0 Å². The van der Waals surface area contributed by atoms with Gasteiger partial charge in [-0.1, -0.05) is 13.8 Å². The second-order valence-corrected chi connectivity index (χ2v) is 7.87. The maximum Gasteiger partial charge on any atom is 0.242 e. The molecule has 168 valence electrons. The fourth-order valence-corrected chi connectivity index (χ4v) is 3.85. The van der Waals surface area contributed by atoms with Gasteiger partial charge in [-0.25, -0.2) is 0 Å². The summed E-state index contributed by atoms with van der Waals surface area (Å²) >= 11 is 0. The van der Waals surface area contributed by atoms with Crippen molar-refractivity contribution in [3.8, 4) is 0 Å². The van der Waals surface area contributed by atoms with Crippen LogP contribution >= 0.6 is 0 Å². The number of piperazine rings is 1. The van der Waals surface area contributed by atoms with Crippen molar-refractivity contribution < 1.29 is 24.0 Å². The SMILES string of the molecule is CCCN(CCC)C(=O)CCCC(=O)N1CCN(C(=O)CN2C(=O)CCC2=O)CC1. The van der Waals surface area contributed by atoms with Gasteiger partial charge in [0.1, 0.15) is 6.54 Å². The zero-order valence-corrected chi connectivity index (χ0v) is 18.2. The summed E-state index contributed by atoms with van der Waals surface area (Å²) in [5.41, 5.74) is 0. The van der Waals surface area contributed by atoms with Crippen LogP contribution < -0.4 is 0 Å². The second-order valence-electron chi connectivity index (χ2n) is 7.87. The van der Waals surface area contributed by atoms with Crippen LogP contribution in [0.1, 0.15) is 58.8 Å². The quantitative estimate of drug-likeness (QED) is 0.481. The van der Waals surface area contributed by atoms with Gasteiger partial charge < -0.3 is 14.7 Å². The van der Waals surface area contributed by atoms with E-state index < -0.39 is 0 Å². The molecular weight excluding hydrogens is 388 g/mol. The summed E-state index contributed by atoms with van der Waals surface area (Å²) < 4.78 is 0. The topological polar surface area (TPSA) is 98.3 Å². The van der Waals surface area contributed by atoms with E-state index in [1.807, 2.05) is 18.7 Å². The van der Waals surface area contributed by atoms with Crippen molar-refractivity contribution in [3.63, 3.8) is 0 Å². The molecule has 0 N–H and O–H groups in total. The fourth-order valence-electron chi connectivity index (χ4n) is 3.85. The Bertz CT molecular complexity index is 636. The summed E-state index contributed by atoms with van der Waals surface area (Å²) in [7, 11) is 0. The fraction of sp³-hybridized carbons (Fsp3) is 0.762. The molecule has 0 spiro atoms. The molecule has 2 rings (SSSR count). The predicted octanol–water partition coefficient (Wildman–Crippen LogP) is 0.625. The van der Waals surface area contributed by atoms with Crippen LogP contribution in [0.3, 0.4) is 0 Å². The largest absolute Gasteiger partial charge is 0.343 e. The van der Waals surface area contributed by atoms with Crippen LogP contribution in [0, 0.1) is 0 Å². The minimum Gasteiger partial charge on any atom is -0.343 e. The number of likely N-dealkylation sites (tertiary alicyclic amines) is 1. The van der Waals surface area contributed by atoms with Gasteiger partial charge in [0, 0.05) is 65.0 Å². The lowest BCUT2D eigenvalue weighted by Gasteiger charge is -2.35. The van der Waals surface area contributed by atoms with Gasteiger partial charge in [-0.15, -0.1) is 0 Å². The molecule has 0 unspecified atom stereocenters. The second kappa shape index (κ2) is 11.7. The third-order valence-corrected chi connectivity index (χ3v) is 5.55. The van der Waals surface area contributed by atoms with Crippen molar-refractivity contribution in [1.82, 2.24) is 19.6 Å². The number of nitrogens with zero attached hydrogens (tertiary/aromatic N) is 4. The molecule has 0 radical (unpaired) electrons. The summed E-state index contributed by atoms with van der Waals surface area (Å²) in [5, 5.41) is 0. The van der Waals surface area contributed by atoms with E-state index in [9.17, 15) is 24.0 Å². The third kappa shape index (κ3) is 6.53. The van der Waals surface area contributed by atoms with E-state index in [4.69, 9.17) is 0 Å². The molecule has 0 aromatic heterocycles. The van der Waals surface area contributed by atoms with Gasteiger partial charge in [0.15, 0.2) is 0 Å². The van der Waals surface area contributed by atoms with Crippen molar-refractivity contribution >= 4 is 29.5 Å². The summed E-state index contributed by atoms with van der Waals surface area (Å²) in [6.07, 6.45) is 3.42. The first-order valence-electron chi connectivity index (χ1n) is 11.0. The van der Waals surface area contributed by atoms with E-state index in [0.29, 0.717) is 45.4 Å². The van der Waals surface area contributed by atoms with Crippen LogP contribution in [-0.2, 0) is 24.0 Å². The van der Waals surface area contributed by atoms with Crippen molar-refractivity contribution in [2.45, 2.75) is 58.8 Å². The van der Waals surface area contributed by atoms with Gasteiger partial charge >= 0.3 is 0 Å². The lowest BCUT2D eigenvalue weighted by Crippen LogP contribution is -2.53. The average Bonchev–Trinajstić information content (AvgIpc) is 3.05. The first kappa shape index (κ1) is 23.8. The zero-order valence-electron chi connectivity index (χ0n) is 18.2. The highest BCUT2D eigenvalue weighted by Gasteiger charge is 2.33. The highest BCUT2D eigenvalue weighted by Crippen LogP contribution is 2.13. The molecule has 0 atom stereocenters. The van der Waals surface area contributed by atoms with Crippen LogP contribution in [0.5, 0.6) is 0 Å². The van der Waals surface area contributed by atoms with Crippen LogP contribution in [-0.4, -0.2) is 94.9 Å². The van der Waals surface area contributed by atoms with Gasteiger partial charge in [-0.2, -0.15) is 0 Å².